The highest BCUT2D eigenvalue weighted by atomic mass is 35.5. The summed E-state index contributed by atoms with van der Waals surface area (Å²) in [5.74, 6) is -0.866. The van der Waals surface area contributed by atoms with Crippen molar-refractivity contribution in [2.24, 2.45) is 0 Å². The summed E-state index contributed by atoms with van der Waals surface area (Å²) in [7, 11) is 0. The van der Waals surface area contributed by atoms with Gasteiger partial charge in [0.25, 0.3) is 5.91 Å². The first kappa shape index (κ1) is 22.7. The standard InChI is InChI=1S/C20H17ClN4O4S2/c1-2-29-18(28)13-5-9-15(10-6-13)22-16(26)11-30-20-25-24-19(31-20)23-17(27)12-3-7-14(21)8-4-12/h3-10H,2,11H2,1H3,(H,22,26)(H,23,24,27). The highest BCUT2D eigenvalue weighted by Gasteiger charge is 2.12. The second-order valence-electron chi connectivity index (χ2n) is 5.97. The fourth-order valence-corrected chi connectivity index (χ4v) is 3.99. The van der Waals surface area contributed by atoms with E-state index in [0.29, 0.717) is 37.9 Å². The van der Waals surface area contributed by atoms with Gasteiger partial charge in [-0.15, -0.1) is 10.2 Å². The van der Waals surface area contributed by atoms with Crippen LogP contribution in [0.3, 0.4) is 0 Å². The van der Waals surface area contributed by atoms with E-state index in [9.17, 15) is 14.4 Å². The minimum Gasteiger partial charge on any atom is -0.462 e. The van der Waals surface area contributed by atoms with Crippen molar-refractivity contribution in [1.82, 2.24) is 10.2 Å². The molecule has 0 fully saturated rings. The van der Waals surface area contributed by atoms with Crippen molar-refractivity contribution < 1.29 is 19.1 Å². The van der Waals surface area contributed by atoms with Crippen molar-refractivity contribution in [3.63, 3.8) is 0 Å². The number of halogens is 1. The number of hydrogen-bond donors (Lipinski definition) is 2. The van der Waals surface area contributed by atoms with Crippen molar-refractivity contribution in [2.75, 3.05) is 23.0 Å². The second kappa shape index (κ2) is 10.9. The third kappa shape index (κ3) is 6.78. The lowest BCUT2D eigenvalue weighted by molar-refractivity contribution is -0.113. The number of hydrogen-bond acceptors (Lipinski definition) is 8. The molecular weight excluding hydrogens is 460 g/mol. The topological polar surface area (TPSA) is 110 Å². The number of carbonyl (C=O) groups is 3. The molecule has 0 saturated carbocycles. The molecule has 1 heterocycles. The summed E-state index contributed by atoms with van der Waals surface area (Å²) in [4.78, 5) is 36.0. The lowest BCUT2D eigenvalue weighted by Crippen LogP contribution is -2.14. The number of aromatic nitrogens is 2. The molecule has 3 rings (SSSR count). The summed E-state index contributed by atoms with van der Waals surface area (Å²) in [6.07, 6.45) is 0. The van der Waals surface area contributed by atoms with Gasteiger partial charge in [0.15, 0.2) is 4.34 Å². The molecule has 2 N–H and O–H groups in total. The van der Waals surface area contributed by atoms with Gasteiger partial charge in [-0.1, -0.05) is 34.7 Å². The Bertz CT molecular complexity index is 1070. The van der Waals surface area contributed by atoms with Gasteiger partial charge in [-0.25, -0.2) is 4.79 Å². The lowest BCUT2D eigenvalue weighted by Gasteiger charge is -2.06. The molecule has 0 aliphatic heterocycles. The van der Waals surface area contributed by atoms with Crippen molar-refractivity contribution in [2.45, 2.75) is 11.3 Å². The van der Waals surface area contributed by atoms with Gasteiger partial charge in [0.05, 0.1) is 17.9 Å². The van der Waals surface area contributed by atoms with Crippen molar-refractivity contribution in [3.8, 4) is 0 Å². The first-order valence-corrected chi connectivity index (χ1v) is 11.2. The molecule has 0 bridgehead atoms. The third-order valence-electron chi connectivity index (χ3n) is 3.74. The van der Waals surface area contributed by atoms with Crippen LogP contribution in [0, 0.1) is 0 Å². The summed E-state index contributed by atoms with van der Waals surface area (Å²) in [6.45, 7) is 2.03. The molecule has 0 saturated heterocycles. The summed E-state index contributed by atoms with van der Waals surface area (Å²) in [6, 6.07) is 12.9. The highest BCUT2D eigenvalue weighted by Crippen LogP contribution is 2.26. The number of benzene rings is 2. The fourth-order valence-electron chi connectivity index (χ4n) is 2.32. The van der Waals surface area contributed by atoms with Gasteiger partial charge in [0, 0.05) is 16.3 Å². The molecule has 0 aliphatic carbocycles. The number of rotatable bonds is 8. The molecule has 0 atom stereocenters. The molecule has 0 spiro atoms. The van der Waals surface area contributed by atoms with E-state index < -0.39 is 5.97 Å². The van der Waals surface area contributed by atoms with Crippen LogP contribution in [0.4, 0.5) is 10.8 Å². The first-order valence-electron chi connectivity index (χ1n) is 9.05. The number of ether oxygens (including phenoxy) is 1. The van der Waals surface area contributed by atoms with Gasteiger partial charge in [0.1, 0.15) is 0 Å². The molecule has 0 aliphatic rings. The predicted molar refractivity (Wildman–Crippen MR) is 121 cm³/mol. The zero-order valence-corrected chi connectivity index (χ0v) is 18.6. The lowest BCUT2D eigenvalue weighted by atomic mass is 10.2. The Labute approximate surface area is 191 Å². The quantitative estimate of drug-likeness (QED) is 0.282. The van der Waals surface area contributed by atoms with Crippen LogP contribution >= 0.6 is 34.7 Å². The smallest absolute Gasteiger partial charge is 0.338 e. The first-order chi connectivity index (χ1) is 14.9. The average molecular weight is 477 g/mol. The predicted octanol–water partition coefficient (Wildman–Crippen LogP) is 4.35. The van der Waals surface area contributed by atoms with E-state index in [1.807, 2.05) is 0 Å². The number of thioether (sulfide) groups is 1. The molecule has 0 unspecified atom stereocenters. The van der Waals surface area contributed by atoms with Gasteiger partial charge in [-0.2, -0.15) is 0 Å². The van der Waals surface area contributed by atoms with Crippen LogP contribution < -0.4 is 10.6 Å². The number of esters is 1. The molecule has 2 aromatic carbocycles. The van der Waals surface area contributed by atoms with E-state index in [4.69, 9.17) is 16.3 Å². The maximum Gasteiger partial charge on any atom is 0.338 e. The van der Waals surface area contributed by atoms with E-state index in [-0.39, 0.29) is 17.6 Å². The third-order valence-corrected chi connectivity index (χ3v) is 5.96. The normalized spacial score (nSPS) is 10.4. The average Bonchev–Trinajstić information content (AvgIpc) is 3.20. The Morgan fingerprint density at radius 3 is 2.35 bits per heavy atom. The molecule has 8 nitrogen and oxygen atoms in total. The maximum absolute atomic E-state index is 12.2. The van der Waals surface area contributed by atoms with Crippen LogP contribution in [0.25, 0.3) is 0 Å². The minimum absolute atomic E-state index is 0.111. The van der Waals surface area contributed by atoms with Crippen LogP contribution in [-0.2, 0) is 9.53 Å². The van der Waals surface area contributed by atoms with Crippen LogP contribution in [0.1, 0.15) is 27.6 Å². The number of amides is 2. The molecule has 0 radical (unpaired) electrons. The van der Waals surface area contributed by atoms with E-state index >= 15 is 0 Å². The van der Waals surface area contributed by atoms with E-state index in [1.165, 1.54) is 23.1 Å². The number of nitrogens with zero attached hydrogens (tertiary/aromatic N) is 2. The molecule has 1 aromatic heterocycles. The fraction of sp³-hybridized carbons (Fsp3) is 0.150. The zero-order chi connectivity index (χ0) is 22.2. The Morgan fingerprint density at radius 1 is 1.00 bits per heavy atom. The summed E-state index contributed by atoms with van der Waals surface area (Å²) in [5.41, 5.74) is 1.42. The van der Waals surface area contributed by atoms with E-state index in [1.54, 1.807) is 55.5 Å². The van der Waals surface area contributed by atoms with Gasteiger partial charge in [-0.05, 0) is 55.5 Å². The van der Waals surface area contributed by atoms with Gasteiger partial charge < -0.3 is 10.1 Å². The Hall–Kier alpha value is -2.95. The number of anilines is 2. The van der Waals surface area contributed by atoms with Crippen molar-refractivity contribution in [1.29, 1.82) is 0 Å². The second-order valence-corrected chi connectivity index (χ2v) is 8.61. The van der Waals surface area contributed by atoms with E-state index in [0.717, 1.165) is 0 Å². The zero-order valence-electron chi connectivity index (χ0n) is 16.3. The monoisotopic (exact) mass is 476 g/mol. The Kier molecular flexibility index (Phi) is 7.99. The molecular formula is C20H17ClN4O4S2. The summed E-state index contributed by atoms with van der Waals surface area (Å²) in [5, 5.41) is 14.2. The molecule has 3 aromatic rings. The van der Waals surface area contributed by atoms with Gasteiger partial charge >= 0.3 is 5.97 Å². The van der Waals surface area contributed by atoms with Gasteiger partial charge in [-0.3, -0.25) is 14.9 Å². The molecule has 31 heavy (non-hydrogen) atoms. The Morgan fingerprint density at radius 2 is 1.68 bits per heavy atom. The van der Waals surface area contributed by atoms with Crippen molar-refractivity contribution >= 4 is 63.3 Å². The summed E-state index contributed by atoms with van der Waals surface area (Å²) < 4.78 is 5.46. The van der Waals surface area contributed by atoms with Crippen LogP contribution in [0.15, 0.2) is 52.9 Å². The molecule has 160 valence electrons. The molecule has 11 heteroatoms. The van der Waals surface area contributed by atoms with Crippen molar-refractivity contribution in [3.05, 3.63) is 64.7 Å². The minimum atomic E-state index is -0.411. The number of carbonyl (C=O) groups excluding carboxylic acids is 3. The van der Waals surface area contributed by atoms with Crippen LogP contribution in [-0.4, -0.2) is 40.3 Å². The summed E-state index contributed by atoms with van der Waals surface area (Å²) >= 11 is 8.18. The molecule has 2 amide bonds. The maximum atomic E-state index is 12.2. The van der Waals surface area contributed by atoms with Gasteiger partial charge in [0.2, 0.25) is 11.0 Å². The van der Waals surface area contributed by atoms with Crippen LogP contribution in [0.2, 0.25) is 5.02 Å². The van der Waals surface area contributed by atoms with Crippen LogP contribution in [0.5, 0.6) is 0 Å². The highest BCUT2D eigenvalue weighted by molar-refractivity contribution is 8.01. The van der Waals surface area contributed by atoms with E-state index in [2.05, 4.69) is 20.8 Å². The number of nitrogens with one attached hydrogen (secondary N) is 2. The Balaban J connectivity index is 1.47. The SMILES string of the molecule is CCOC(=O)c1ccc(NC(=O)CSc2nnc(NC(=O)c3ccc(Cl)cc3)s2)cc1. The largest absolute Gasteiger partial charge is 0.462 e.